The molecule has 3 aromatic carbocycles. The summed E-state index contributed by atoms with van der Waals surface area (Å²) < 4.78 is 95.5. The quantitative estimate of drug-likeness (QED) is 0.157. The molecular weight excluding hydrogens is 517 g/mol. The zero-order valence-electron chi connectivity index (χ0n) is 21.6. The molecule has 39 heavy (non-hydrogen) atoms. The van der Waals surface area contributed by atoms with E-state index < -0.39 is 46.1 Å². The Kier molecular flexibility index (Phi) is 9.04. The lowest BCUT2D eigenvalue weighted by atomic mass is 9.77. The highest BCUT2D eigenvalue weighted by Crippen LogP contribution is 2.39. The molecule has 0 radical (unpaired) electrons. The van der Waals surface area contributed by atoms with Gasteiger partial charge in [-0.25, -0.2) is 17.6 Å². The predicted octanol–water partition coefficient (Wildman–Crippen LogP) is 10.3. The Morgan fingerprint density at radius 2 is 1.28 bits per heavy atom. The molecule has 0 N–H and O–H groups in total. The number of hydrogen-bond acceptors (Lipinski definition) is 0. The Balaban J connectivity index is 1.51. The van der Waals surface area contributed by atoms with Gasteiger partial charge in [-0.1, -0.05) is 62.8 Å². The van der Waals surface area contributed by atoms with Crippen LogP contribution in [0.2, 0.25) is 0 Å². The minimum Gasteiger partial charge on any atom is -0.206 e. The summed E-state index contributed by atoms with van der Waals surface area (Å²) >= 11 is 0. The van der Waals surface area contributed by atoms with E-state index in [-0.39, 0.29) is 5.56 Å². The Bertz CT molecular complexity index is 1310. The second-order valence-corrected chi connectivity index (χ2v) is 10.2. The first-order chi connectivity index (χ1) is 18.6. The van der Waals surface area contributed by atoms with Crippen molar-refractivity contribution >= 4 is 0 Å². The maximum atomic E-state index is 15.0. The maximum absolute atomic E-state index is 15.0. The third-order valence-corrected chi connectivity index (χ3v) is 7.48. The fourth-order valence-corrected chi connectivity index (χ4v) is 5.40. The van der Waals surface area contributed by atoms with Crippen LogP contribution in [0.25, 0.3) is 22.3 Å². The van der Waals surface area contributed by atoms with Crippen molar-refractivity contribution in [3.8, 4) is 34.1 Å². The third kappa shape index (κ3) is 7.23. The average molecular weight is 547 g/mol. The van der Waals surface area contributed by atoms with Crippen molar-refractivity contribution in [3.63, 3.8) is 0 Å². The van der Waals surface area contributed by atoms with Crippen LogP contribution in [-0.4, -0.2) is 6.18 Å². The number of benzene rings is 3. The SMILES string of the molecule is CCCCCC1CCC(c2ccc(-c3cc(F)c(-c4cc(F)c(C#CC(F)(F)F)c(F)c4)c(F)c3)cc2)CC1. The fraction of sp³-hybridized carbons (Fsp3) is 0.375. The van der Waals surface area contributed by atoms with Gasteiger partial charge >= 0.3 is 6.18 Å². The van der Waals surface area contributed by atoms with Crippen LogP contribution in [0.5, 0.6) is 0 Å². The van der Waals surface area contributed by atoms with Gasteiger partial charge in [-0.2, -0.15) is 13.2 Å². The van der Waals surface area contributed by atoms with Gasteiger partial charge < -0.3 is 0 Å². The van der Waals surface area contributed by atoms with Crippen molar-refractivity contribution in [2.45, 2.75) is 70.4 Å². The number of hydrogen-bond donors (Lipinski definition) is 0. The van der Waals surface area contributed by atoms with Crippen molar-refractivity contribution in [2.24, 2.45) is 5.92 Å². The summed E-state index contributed by atoms with van der Waals surface area (Å²) in [4.78, 5) is 0. The maximum Gasteiger partial charge on any atom is 0.458 e. The summed E-state index contributed by atoms with van der Waals surface area (Å²) in [5.74, 6) is -1.57. The molecule has 3 aromatic rings. The first-order valence-corrected chi connectivity index (χ1v) is 13.2. The molecule has 0 nitrogen and oxygen atoms in total. The average Bonchev–Trinajstić information content (AvgIpc) is 2.88. The van der Waals surface area contributed by atoms with Crippen molar-refractivity contribution in [1.82, 2.24) is 0 Å². The minimum atomic E-state index is -4.95. The largest absolute Gasteiger partial charge is 0.458 e. The molecule has 0 atom stereocenters. The molecular formula is C32H29F7. The molecule has 1 saturated carbocycles. The zero-order valence-corrected chi connectivity index (χ0v) is 21.6. The normalized spacial score (nSPS) is 17.5. The molecule has 0 spiro atoms. The zero-order chi connectivity index (χ0) is 28.2. The van der Waals surface area contributed by atoms with E-state index in [1.165, 1.54) is 50.0 Å². The predicted molar refractivity (Wildman–Crippen MR) is 139 cm³/mol. The van der Waals surface area contributed by atoms with Gasteiger partial charge in [-0.05, 0) is 84.0 Å². The lowest BCUT2D eigenvalue weighted by Crippen LogP contribution is -2.13. The highest BCUT2D eigenvalue weighted by atomic mass is 19.4. The number of halogens is 7. The van der Waals surface area contributed by atoms with Crippen LogP contribution in [0, 0.1) is 41.0 Å². The van der Waals surface area contributed by atoms with Crippen LogP contribution in [0.15, 0.2) is 48.5 Å². The van der Waals surface area contributed by atoms with E-state index in [9.17, 15) is 22.0 Å². The van der Waals surface area contributed by atoms with Gasteiger partial charge in [-0.15, -0.1) is 0 Å². The summed E-state index contributed by atoms with van der Waals surface area (Å²) in [5.41, 5.74) is -0.245. The molecule has 0 aliphatic heterocycles. The number of alkyl halides is 3. The highest BCUT2D eigenvalue weighted by Gasteiger charge is 2.25. The van der Waals surface area contributed by atoms with Gasteiger partial charge in [0.05, 0.1) is 11.1 Å². The van der Waals surface area contributed by atoms with Gasteiger partial charge in [0, 0.05) is 5.92 Å². The van der Waals surface area contributed by atoms with Gasteiger partial charge in [-0.3, -0.25) is 0 Å². The minimum absolute atomic E-state index is 0.258. The fourth-order valence-electron chi connectivity index (χ4n) is 5.40. The summed E-state index contributed by atoms with van der Waals surface area (Å²) in [6.07, 6.45) is 4.83. The molecule has 0 heterocycles. The Morgan fingerprint density at radius 1 is 0.718 bits per heavy atom. The van der Waals surface area contributed by atoms with E-state index in [4.69, 9.17) is 0 Å². The van der Waals surface area contributed by atoms with Crippen LogP contribution >= 0.6 is 0 Å². The topological polar surface area (TPSA) is 0 Å². The molecule has 1 aliphatic carbocycles. The van der Waals surface area contributed by atoms with E-state index in [1.54, 1.807) is 0 Å². The summed E-state index contributed by atoms with van der Waals surface area (Å²) in [7, 11) is 0. The van der Waals surface area contributed by atoms with Crippen LogP contribution in [0.4, 0.5) is 30.7 Å². The van der Waals surface area contributed by atoms with E-state index in [0.29, 0.717) is 23.6 Å². The molecule has 7 heteroatoms. The van der Waals surface area contributed by atoms with Gasteiger partial charge in [0.2, 0.25) is 0 Å². The van der Waals surface area contributed by atoms with Crippen LogP contribution in [0.1, 0.15) is 75.3 Å². The van der Waals surface area contributed by atoms with E-state index in [2.05, 4.69) is 6.92 Å². The molecule has 0 saturated heterocycles. The molecule has 0 bridgehead atoms. The summed E-state index contributed by atoms with van der Waals surface area (Å²) in [6, 6.07) is 10.9. The molecule has 206 valence electrons. The molecule has 4 rings (SSSR count). The van der Waals surface area contributed by atoms with Crippen molar-refractivity contribution in [2.75, 3.05) is 0 Å². The van der Waals surface area contributed by atoms with Gasteiger partial charge in [0.15, 0.2) is 0 Å². The molecule has 1 aliphatic rings. The van der Waals surface area contributed by atoms with Gasteiger partial charge in [0.25, 0.3) is 0 Å². The lowest BCUT2D eigenvalue weighted by molar-refractivity contribution is -0.0696. The van der Waals surface area contributed by atoms with Crippen molar-refractivity contribution < 1.29 is 30.7 Å². The monoisotopic (exact) mass is 546 g/mol. The first kappa shape index (κ1) is 28.7. The summed E-state index contributed by atoms with van der Waals surface area (Å²) in [6.45, 7) is 2.21. The second kappa shape index (κ2) is 12.3. The van der Waals surface area contributed by atoms with E-state index in [0.717, 1.165) is 36.8 Å². The molecule has 0 amide bonds. The smallest absolute Gasteiger partial charge is 0.206 e. The summed E-state index contributed by atoms with van der Waals surface area (Å²) in [5, 5.41) is 0. The van der Waals surface area contributed by atoms with E-state index in [1.807, 2.05) is 24.3 Å². The van der Waals surface area contributed by atoms with E-state index >= 15 is 8.78 Å². The highest BCUT2D eigenvalue weighted by molar-refractivity contribution is 5.72. The third-order valence-electron chi connectivity index (χ3n) is 7.48. The molecule has 0 unspecified atom stereocenters. The van der Waals surface area contributed by atoms with Crippen molar-refractivity contribution in [1.29, 1.82) is 0 Å². The van der Waals surface area contributed by atoms with Gasteiger partial charge in [0.1, 0.15) is 23.3 Å². The Hall–Kier alpha value is -3.27. The Labute approximate surface area is 224 Å². The van der Waals surface area contributed by atoms with Crippen LogP contribution in [-0.2, 0) is 0 Å². The molecule has 0 aromatic heterocycles. The van der Waals surface area contributed by atoms with Crippen molar-refractivity contribution in [3.05, 3.63) is 82.9 Å². The number of unbranched alkanes of at least 4 members (excludes halogenated alkanes) is 2. The first-order valence-electron chi connectivity index (χ1n) is 13.2. The standard InChI is InChI=1S/C32H29F7/c1-2-3-4-5-20-6-8-21(9-7-20)22-10-12-23(13-11-22)24-16-29(35)31(30(36)17-24)25-18-27(33)26(28(34)19-25)14-15-32(37,38)39/h10-13,16-21H,2-9H2,1H3. The molecule has 1 fully saturated rings. The number of rotatable bonds is 7. The second-order valence-electron chi connectivity index (χ2n) is 10.2. The van der Waals surface area contributed by atoms with Crippen LogP contribution < -0.4 is 0 Å². The lowest BCUT2D eigenvalue weighted by Gasteiger charge is -2.29. The van der Waals surface area contributed by atoms with Crippen LogP contribution in [0.3, 0.4) is 0 Å². The Morgan fingerprint density at radius 3 is 1.82 bits per heavy atom.